The highest BCUT2D eigenvalue weighted by molar-refractivity contribution is 6.04. The first-order valence-electron chi connectivity index (χ1n) is 11.1. The number of benzene rings is 1. The second kappa shape index (κ2) is 11.9. The third-order valence-electron chi connectivity index (χ3n) is 4.96. The van der Waals surface area contributed by atoms with Crippen LogP contribution in [0.3, 0.4) is 0 Å². The molecule has 3 atom stereocenters. The molecule has 1 N–H and O–H groups in total. The summed E-state index contributed by atoms with van der Waals surface area (Å²) in [4.78, 5) is 51.0. The number of aryl methyl sites for hydroxylation is 1. The lowest BCUT2D eigenvalue weighted by atomic mass is 10.1. The Labute approximate surface area is 210 Å². The molecule has 37 heavy (non-hydrogen) atoms. The zero-order valence-corrected chi connectivity index (χ0v) is 20.8. The number of fused-ring (bicyclic) bond motifs is 3. The van der Waals surface area contributed by atoms with Crippen LogP contribution in [0, 0.1) is 0 Å². The van der Waals surface area contributed by atoms with Gasteiger partial charge in [0.05, 0.1) is 11.7 Å². The van der Waals surface area contributed by atoms with Crippen molar-refractivity contribution < 1.29 is 38.1 Å². The number of hydrazone groups is 1. The molecule has 0 fully saturated rings. The highest BCUT2D eigenvalue weighted by atomic mass is 16.6. The SMILES string of the molecule is CC(=O)OC[C@@H](OC(C)=O)[C@@H](OC(C)=O)[C@H](/C=N/Nc1nnc2c3ccccc3n(C)c2n1)OC(C)=O. The predicted octanol–water partition coefficient (Wildman–Crippen LogP) is 1.27. The van der Waals surface area contributed by atoms with E-state index in [9.17, 15) is 19.2 Å². The molecule has 0 unspecified atom stereocenters. The summed E-state index contributed by atoms with van der Waals surface area (Å²) in [5.41, 5.74) is 4.68. The largest absolute Gasteiger partial charge is 0.462 e. The van der Waals surface area contributed by atoms with Crippen molar-refractivity contribution in [2.75, 3.05) is 12.0 Å². The van der Waals surface area contributed by atoms with E-state index in [0.717, 1.165) is 44.8 Å². The van der Waals surface area contributed by atoms with Gasteiger partial charge in [0.2, 0.25) is 0 Å². The number of carbonyl (C=O) groups excluding carboxylic acids is 4. The van der Waals surface area contributed by atoms with Gasteiger partial charge in [0.15, 0.2) is 24.0 Å². The molecule has 0 spiro atoms. The van der Waals surface area contributed by atoms with Gasteiger partial charge in [0.1, 0.15) is 12.1 Å². The van der Waals surface area contributed by atoms with Gasteiger partial charge in [0, 0.05) is 40.1 Å². The quantitative estimate of drug-likeness (QED) is 0.178. The van der Waals surface area contributed by atoms with Gasteiger partial charge >= 0.3 is 23.9 Å². The van der Waals surface area contributed by atoms with Crippen LogP contribution < -0.4 is 5.43 Å². The number of anilines is 1. The maximum absolute atomic E-state index is 11.8. The van der Waals surface area contributed by atoms with Gasteiger partial charge in [0.25, 0.3) is 5.95 Å². The number of ether oxygens (including phenoxy) is 4. The van der Waals surface area contributed by atoms with Crippen LogP contribution in [0.25, 0.3) is 22.1 Å². The zero-order valence-electron chi connectivity index (χ0n) is 20.8. The third-order valence-corrected chi connectivity index (χ3v) is 4.96. The van der Waals surface area contributed by atoms with Crippen LogP contribution in [-0.4, -0.2) is 74.8 Å². The van der Waals surface area contributed by atoms with E-state index in [1.807, 2.05) is 35.9 Å². The molecule has 0 aliphatic rings. The lowest BCUT2D eigenvalue weighted by molar-refractivity contribution is -0.183. The topological polar surface area (TPSA) is 173 Å². The summed E-state index contributed by atoms with van der Waals surface area (Å²) in [5, 5.41) is 13.1. The third kappa shape index (κ3) is 6.96. The second-order valence-corrected chi connectivity index (χ2v) is 7.87. The first-order valence-corrected chi connectivity index (χ1v) is 11.1. The molecule has 0 bridgehead atoms. The number of hydrogen-bond donors (Lipinski definition) is 1. The maximum Gasteiger partial charge on any atom is 0.303 e. The number of aromatic nitrogens is 4. The smallest absolute Gasteiger partial charge is 0.303 e. The molecule has 0 amide bonds. The van der Waals surface area contributed by atoms with Crippen LogP contribution >= 0.6 is 0 Å². The van der Waals surface area contributed by atoms with E-state index in [-0.39, 0.29) is 5.95 Å². The molecule has 0 aliphatic carbocycles. The number of carbonyl (C=O) groups is 4. The van der Waals surface area contributed by atoms with E-state index in [0.29, 0.717) is 11.2 Å². The summed E-state index contributed by atoms with van der Waals surface area (Å²) < 4.78 is 22.5. The van der Waals surface area contributed by atoms with E-state index in [2.05, 4.69) is 25.7 Å². The first-order chi connectivity index (χ1) is 17.6. The maximum atomic E-state index is 11.8. The standard InChI is InChI=1S/C23H26N6O8/c1-12(30)34-11-19(36-14(3)32)21(37-15(4)33)18(35-13(2)31)10-24-27-23-25-22-20(26-28-23)16-8-6-7-9-17(16)29(22)5/h6-10,18-19,21H,11H2,1-5H3,(H,25,27,28)/b24-10+/t18-,19+,21-/m0/s1. The fourth-order valence-corrected chi connectivity index (χ4v) is 3.55. The summed E-state index contributed by atoms with van der Waals surface area (Å²) in [7, 11) is 1.84. The molecule has 3 aromatic rings. The summed E-state index contributed by atoms with van der Waals surface area (Å²) in [5.74, 6) is -2.87. The fraction of sp³-hybridized carbons (Fsp3) is 0.391. The molecule has 14 heteroatoms. The minimum absolute atomic E-state index is 0.0386. The molecule has 0 saturated heterocycles. The number of hydrogen-bond acceptors (Lipinski definition) is 13. The van der Waals surface area contributed by atoms with Crippen LogP contribution in [-0.2, 0) is 45.2 Å². The van der Waals surface area contributed by atoms with Crippen molar-refractivity contribution in [3.8, 4) is 0 Å². The molecule has 0 saturated carbocycles. The van der Waals surface area contributed by atoms with Gasteiger partial charge < -0.3 is 23.5 Å². The summed E-state index contributed by atoms with van der Waals surface area (Å²) >= 11 is 0. The zero-order chi connectivity index (χ0) is 27.1. The molecular formula is C23H26N6O8. The normalized spacial score (nSPS) is 13.6. The average Bonchev–Trinajstić information content (AvgIpc) is 3.11. The van der Waals surface area contributed by atoms with Crippen molar-refractivity contribution in [1.82, 2.24) is 19.7 Å². The van der Waals surface area contributed by atoms with Crippen molar-refractivity contribution in [2.45, 2.75) is 46.0 Å². The van der Waals surface area contributed by atoms with Crippen molar-refractivity contribution in [3.63, 3.8) is 0 Å². The fourth-order valence-electron chi connectivity index (χ4n) is 3.55. The van der Waals surface area contributed by atoms with Crippen LogP contribution in [0.4, 0.5) is 5.95 Å². The van der Waals surface area contributed by atoms with Crippen molar-refractivity contribution in [2.24, 2.45) is 12.1 Å². The number of rotatable bonds is 10. The van der Waals surface area contributed by atoms with Gasteiger partial charge in [-0.05, 0) is 6.07 Å². The van der Waals surface area contributed by atoms with Gasteiger partial charge in [-0.1, -0.05) is 18.2 Å². The van der Waals surface area contributed by atoms with E-state index >= 15 is 0 Å². The summed E-state index contributed by atoms with van der Waals surface area (Å²) in [6.45, 7) is 4.06. The number of nitrogens with one attached hydrogen (secondary N) is 1. The van der Waals surface area contributed by atoms with E-state index < -0.39 is 48.8 Å². The molecule has 2 aromatic heterocycles. The molecule has 2 heterocycles. The summed E-state index contributed by atoms with van der Waals surface area (Å²) in [6.07, 6.45) is -2.93. The Morgan fingerprint density at radius 1 is 0.973 bits per heavy atom. The van der Waals surface area contributed by atoms with E-state index in [4.69, 9.17) is 18.9 Å². The van der Waals surface area contributed by atoms with Crippen LogP contribution in [0.1, 0.15) is 27.7 Å². The van der Waals surface area contributed by atoms with Crippen LogP contribution in [0.15, 0.2) is 29.4 Å². The molecule has 3 rings (SSSR count). The molecule has 14 nitrogen and oxygen atoms in total. The Balaban J connectivity index is 1.89. The number of para-hydroxylation sites is 1. The van der Waals surface area contributed by atoms with Gasteiger partial charge in [-0.3, -0.25) is 19.2 Å². The Morgan fingerprint density at radius 2 is 1.65 bits per heavy atom. The number of nitrogens with zero attached hydrogens (tertiary/aromatic N) is 5. The Bertz CT molecular complexity index is 1350. The minimum atomic E-state index is -1.39. The van der Waals surface area contributed by atoms with Crippen molar-refractivity contribution >= 4 is 58.1 Å². The monoisotopic (exact) mass is 514 g/mol. The minimum Gasteiger partial charge on any atom is -0.462 e. The molecule has 0 aliphatic heterocycles. The van der Waals surface area contributed by atoms with Crippen molar-refractivity contribution in [1.29, 1.82) is 0 Å². The molecular weight excluding hydrogens is 488 g/mol. The number of esters is 4. The van der Waals surface area contributed by atoms with Gasteiger partial charge in [-0.15, -0.1) is 10.2 Å². The first kappa shape index (κ1) is 27.0. The van der Waals surface area contributed by atoms with E-state index in [1.54, 1.807) is 0 Å². The van der Waals surface area contributed by atoms with E-state index in [1.165, 1.54) is 0 Å². The van der Waals surface area contributed by atoms with Crippen LogP contribution in [0.5, 0.6) is 0 Å². The Morgan fingerprint density at radius 3 is 2.30 bits per heavy atom. The molecule has 1 aromatic carbocycles. The lowest BCUT2D eigenvalue weighted by Crippen LogP contribution is -2.48. The highest BCUT2D eigenvalue weighted by Gasteiger charge is 2.37. The molecule has 0 radical (unpaired) electrons. The predicted molar refractivity (Wildman–Crippen MR) is 129 cm³/mol. The van der Waals surface area contributed by atoms with Crippen LogP contribution in [0.2, 0.25) is 0 Å². The van der Waals surface area contributed by atoms with Crippen molar-refractivity contribution in [3.05, 3.63) is 24.3 Å². The summed E-state index contributed by atoms with van der Waals surface area (Å²) in [6, 6.07) is 7.63. The Hall–Kier alpha value is -4.62. The average molecular weight is 514 g/mol. The van der Waals surface area contributed by atoms with Gasteiger partial charge in [-0.2, -0.15) is 10.1 Å². The highest BCUT2D eigenvalue weighted by Crippen LogP contribution is 2.24. The molecule has 196 valence electrons. The second-order valence-electron chi connectivity index (χ2n) is 7.87. The van der Waals surface area contributed by atoms with Gasteiger partial charge in [-0.25, -0.2) is 5.43 Å². The Kier molecular flexibility index (Phi) is 8.66. The lowest BCUT2D eigenvalue weighted by Gasteiger charge is -2.29.